The molecule has 2 aliphatic rings. The summed E-state index contributed by atoms with van der Waals surface area (Å²) in [4.78, 5) is 26.1. The van der Waals surface area contributed by atoms with Crippen molar-refractivity contribution in [1.82, 2.24) is 4.90 Å². The summed E-state index contributed by atoms with van der Waals surface area (Å²) in [5.41, 5.74) is 7.17. The van der Waals surface area contributed by atoms with Gasteiger partial charge in [0.05, 0.1) is 11.8 Å². The predicted molar refractivity (Wildman–Crippen MR) is 76.7 cm³/mol. The van der Waals surface area contributed by atoms with Crippen molar-refractivity contribution in [2.75, 3.05) is 12.3 Å². The number of amides is 2. The number of hydrogen-bond donors (Lipinski definition) is 1. The number of carbonyl (C=O) groups is 2. The van der Waals surface area contributed by atoms with Crippen LogP contribution in [-0.4, -0.2) is 23.3 Å². The van der Waals surface area contributed by atoms with Crippen molar-refractivity contribution in [2.45, 2.75) is 18.8 Å². The summed E-state index contributed by atoms with van der Waals surface area (Å²) in [6, 6.07) is 7.56. The molecule has 4 heteroatoms. The van der Waals surface area contributed by atoms with Crippen LogP contribution in [0, 0.1) is 11.8 Å². The minimum Gasteiger partial charge on any atom is -0.399 e. The Morgan fingerprint density at radius 3 is 2.50 bits per heavy atom. The first kappa shape index (κ1) is 12.9. The van der Waals surface area contributed by atoms with Gasteiger partial charge >= 0.3 is 0 Å². The molecule has 1 aliphatic heterocycles. The summed E-state index contributed by atoms with van der Waals surface area (Å²) in [6.07, 6.45) is 2.36. The zero-order valence-corrected chi connectivity index (χ0v) is 11.5. The summed E-state index contributed by atoms with van der Waals surface area (Å²) in [5, 5.41) is 0. The first-order valence-electron chi connectivity index (χ1n) is 6.90. The third kappa shape index (κ3) is 1.42. The highest BCUT2D eigenvalue weighted by atomic mass is 16.2. The average molecular weight is 270 g/mol. The van der Waals surface area contributed by atoms with Gasteiger partial charge in [-0.2, -0.15) is 0 Å². The lowest BCUT2D eigenvalue weighted by Crippen LogP contribution is -2.38. The summed E-state index contributed by atoms with van der Waals surface area (Å²) in [5.74, 6) is -0.572. The summed E-state index contributed by atoms with van der Waals surface area (Å²) >= 11 is 0. The van der Waals surface area contributed by atoms with E-state index in [0.29, 0.717) is 12.2 Å². The molecule has 0 aromatic heterocycles. The van der Waals surface area contributed by atoms with Crippen molar-refractivity contribution in [3.05, 3.63) is 42.5 Å². The van der Waals surface area contributed by atoms with E-state index in [0.717, 1.165) is 12.0 Å². The van der Waals surface area contributed by atoms with Crippen molar-refractivity contribution >= 4 is 17.5 Å². The highest BCUT2D eigenvalue weighted by Crippen LogP contribution is 2.66. The lowest BCUT2D eigenvalue weighted by atomic mass is 9.87. The van der Waals surface area contributed by atoms with Crippen LogP contribution in [0.15, 0.2) is 36.9 Å². The molecular weight excluding hydrogens is 252 g/mol. The third-order valence-corrected chi connectivity index (χ3v) is 4.72. The van der Waals surface area contributed by atoms with Gasteiger partial charge in [0.25, 0.3) is 0 Å². The van der Waals surface area contributed by atoms with Crippen LogP contribution in [0.2, 0.25) is 0 Å². The number of piperidine rings is 1. The number of carbonyl (C=O) groups excluding carboxylic acids is 2. The van der Waals surface area contributed by atoms with Gasteiger partial charge < -0.3 is 5.73 Å². The fraction of sp³-hybridized carbons (Fsp3) is 0.375. The molecule has 20 heavy (non-hydrogen) atoms. The Morgan fingerprint density at radius 1 is 1.35 bits per heavy atom. The molecule has 0 spiro atoms. The maximum atomic E-state index is 12.4. The van der Waals surface area contributed by atoms with Gasteiger partial charge in [-0.25, -0.2) is 0 Å². The Labute approximate surface area is 118 Å². The predicted octanol–water partition coefficient (Wildman–Crippen LogP) is 1.72. The molecule has 1 heterocycles. The highest BCUT2D eigenvalue weighted by molar-refractivity contribution is 6.12. The molecule has 1 saturated carbocycles. The van der Waals surface area contributed by atoms with Crippen molar-refractivity contribution in [2.24, 2.45) is 11.8 Å². The molecule has 0 bridgehead atoms. The largest absolute Gasteiger partial charge is 0.399 e. The monoisotopic (exact) mass is 270 g/mol. The number of imide groups is 1. The maximum absolute atomic E-state index is 12.4. The number of anilines is 1. The van der Waals surface area contributed by atoms with Crippen LogP contribution in [0.25, 0.3) is 0 Å². The Bertz CT molecular complexity index is 586. The van der Waals surface area contributed by atoms with Crippen LogP contribution in [0.3, 0.4) is 0 Å². The van der Waals surface area contributed by atoms with E-state index >= 15 is 0 Å². The summed E-state index contributed by atoms with van der Waals surface area (Å²) < 4.78 is 0. The first-order chi connectivity index (χ1) is 9.57. The van der Waals surface area contributed by atoms with E-state index in [1.54, 1.807) is 6.08 Å². The van der Waals surface area contributed by atoms with Crippen LogP contribution >= 0.6 is 0 Å². The van der Waals surface area contributed by atoms with Crippen LogP contribution in [-0.2, 0) is 15.0 Å². The van der Waals surface area contributed by atoms with Crippen molar-refractivity contribution < 1.29 is 9.59 Å². The third-order valence-electron chi connectivity index (χ3n) is 4.72. The number of benzene rings is 1. The van der Waals surface area contributed by atoms with E-state index in [9.17, 15) is 9.59 Å². The Hall–Kier alpha value is -2.10. The molecule has 104 valence electrons. The van der Waals surface area contributed by atoms with Crippen molar-refractivity contribution in [3.63, 3.8) is 0 Å². The summed E-state index contributed by atoms with van der Waals surface area (Å²) in [7, 11) is 0. The fourth-order valence-electron chi connectivity index (χ4n) is 3.75. The van der Waals surface area contributed by atoms with E-state index < -0.39 is 0 Å². The van der Waals surface area contributed by atoms with Gasteiger partial charge in [-0.3, -0.25) is 14.5 Å². The summed E-state index contributed by atoms with van der Waals surface area (Å²) in [6.45, 7) is 5.93. The number of nitrogens with two attached hydrogens (primary N) is 1. The maximum Gasteiger partial charge on any atom is 0.234 e. The van der Waals surface area contributed by atoms with Crippen molar-refractivity contribution in [3.8, 4) is 0 Å². The Morgan fingerprint density at radius 2 is 2.00 bits per heavy atom. The molecular formula is C16H18N2O2. The normalized spacial score (nSPS) is 31.4. The van der Waals surface area contributed by atoms with Crippen LogP contribution in [0.4, 0.5) is 5.69 Å². The van der Waals surface area contributed by atoms with Gasteiger partial charge in [0.15, 0.2) is 0 Å². The molecule has 1 aliphatic carbocycles. The molecule has 1 aromatic carbocycles. The smallest absolute Gasteiger partial charge is 0.234 e. The van der Waals surface area contributed by atoms with E-state index in [1.165, 1.54) is 4.90 Å². The van der Waals surface area contributed by atoms with E-state index in [1.807, 2.05) is 31.2 Å². The molecule has 2 fully saturated rings. The number of hydrogen-bond acceptors (Lipinski definition) is 3. The van der Waals surface area contributed by atoms with Crippen molar-refractivity contribution in [1.29, 1.82) is 0 Å². The standard InChI is InChI=1S/C16H18N2O2/c1-3-8-18-14(19)12-13(15(18)20)16(12,4-2)10-6-5-7-11(17)9-10/h3,5-7,9,12-13H,1,4,8,17H2,2H3. The number of nitrogens with zero attached hydrogens (tertiary/aromatic N) is 1. The molecule has 2 N–H and O–H groups in total. The minimum absolute atomic E-state index is 0.0656. The Kier molecular flexibility index (Phi) is 2.71. The van der Waals surface area contributed by atoms with Gasteiger partial charge in [0.2, 0.25) is 11.8 Å². The Balaban J connectivity index is 1.99. The van der Waals surface area contributed by atoms with E-state index in [4.69, 9.17) is 5.73 Å². The number of rotatable bonds is 4. The zero-order chi connectivity index (χ0) is 14.5. The SMILES string of the molecule is C=CCN1C(=O)C2C(C1=O)C2(CC)c1cccc(N)c1. The minimum atomic E-state index is -0.346. The number of fused-ring (bicyclic) bond motifs is 1. The molecule has 3 rings (SSSR count). The average Bonchev–Trinajstić information content (AvgIpc) is 3.06. The van der Waals surface area contributed by atoms with E-state index in [-0.39, 0.29) is 29.1 Å². The van der Waals surface area contributed by atoms with Gasteiger partial charge in [-0.05, 0) is 24.1 Å². The molecule has 2 amide bonds. The molecule has 2 atom stereocenters. The molecule has 2 unspecified atom stereocenters. The van der Waals surface area contributed by atoms with Crippen LogP contribution in [0.1, 0.15) is 18.9 Å². The van der Waals surface area contributed by atoms with Gasteiger partial charge in [0.1, 0.15) is 0 Å². The quantitative estimate of drug-likeness (QED) is 0.515. The zero-order valence-electron chi connectivity index (χ0n) is 11.5. The fourth-order valence-corrected chi connectivity index (χ4v) is 3.75. The second kappa shape index (κ2) is 4.20. The number of nitrogen functional groups attached to an aromatic ring is 1. The van der Waals surface area contributed by atoms with Gasteiger partial charge in [-0.15, -0.1) is 6.58 Å². The molecule has 1 aromatic rings. The second-order valence-electron chi connectivity index (χ2n) is 5.55. The van der Waals surface area contributed by atoms with E-state index in [2.05, 4.69) is 6.58 Å². The van der Waals surface area contributed by atoms with Crippen LogP contribution in [0.5, 0.6) is 0 Å². The topological polar surface area (TPSA) is 63.4 Å². The second-order valence-corrected chi connectivity index (χ2v) is 5.55. The van der Waals surface area contributed by atoms with Gasteiger partial charge in [0, 0.05) is 17.6 Å². The lowest BCUT2D eigenvalue weighted by Gasteiger charge is -2.24. The highest BCUT2D eigenvalue weighted by Gasteiger charge is 2.76. The molecule has 4 nitrogen and oxygen atoms in total. The lowest BCUT2D eigenvalue weighted by molar-refractivity contribution is -0.141. The number of likely N-dealkylation sites (tertiary alicyclic amines) is 1. The first-order valence-corrected chi connectivity index (χ1v) is 6.90. The molecule has 1 saturated heterocycles. The molecule has 0 radical (unpaired) electrons. The van der Waals surface area contributed by atoms with Crippen LogP contribution < -0.4 is 5.73 Å². The van der Waals surface area contributed by atoms with Gasteiger partial charge in [-0.1, -0.05) is 25.1 Å².